The van der Waals surface area contributed by atoms with E-state index < -0.39 is 0 Å². The smallest absolute Gasteiger partial charge is 0.269 e. The Morgan fingerprint density at radius 3 is 2.85 bits per heavy atom. The summed E-state index contributed by atoms with van der Waals surface area (Å²) < 4.78 is 6.94. The van der Waals surface area contributed by atoms with Crippen LogP contribution in [0.15, 0.2) is 6.07 Å². The summed E-state index contributed by atoms with van der Waals surface area (Å²) >= 11 is 0. The second-order valence-corrected chi connectivity index (χ2v) is 5.20. The summed E-state index contributed by atoms with van der Waals surface area (Å²) in [6.07, 6.45) is 0. The van der Waals surface area contributed by atoms with Gasteiger partial charge in [-0.25, -0.2) is 0 Å². The number of ether oxygens (including phenoxy) is 1. The molecule has 0 atom stereocenters. The lowest BCUT2D eigenvalue weighted by atomic mass is 10.3. The number of morpholine rings is 1. The van der Waals surface area contributed by atoms with Crippen LogP contribution < -0.4 is 11.1 Å². The molecule has 7 nitrogen and oxygen atoms in total. The molecule has 1 aliphatic rings. The molecule has 20 heavy (non-hydrogen) atoms. The lowest BCUT2D eigenvalue weighted by molar-refractivity contribution is 0.0383. The second kappa shape index (κ2) is 6.71. The van der Waals surface area contributed by atoms with Crippen molar-refractivity contribution in [2.24, 2.45) is 0 Å². The fourth-order valence-electron chi connectivity index (χ4n) is 2.22. The number of nitrogens with one attached hydrogen (secondary N) is 1. The van der Waals surface area contributed by atoms with Crippen molar-refractivity contribution in [3.05, 3.63) is 11.8 Å². The molecule has 2 rings (SSSR count). The third kappa shape index (κ3) is 3.71. The topological polar surface area (TPSA) is 85.4 Å². The number of hydrogen-bond acceptors (Lipinski definition) is 5. The first kappa shape index (κ1) is 14.8. The fourth-order valence-corrected chi connectivity index (χ4v) is 2.22. The van der Waals surface area contributed by atoms with Crippen molar-refractivity contribution < 1.29 is 9.53 Å². The number of carbonyl (C=O) groups excluding carboxylic acids is 1. The van der Waals surface area contributed by atoms with Gasteiger partial charge in [0.1, 0.15) is 11.5 Å². The molecule has 0 unspecified atom stereocenters. The zero-order valence-corrected chi connectivity index (χ0v) is 12.1. The van der Waals surface area contributed by atoms with Crippen LogP contribution in [0.1, 0.15) is 30.4 Å². The minimum Gasteiger partial charge on any atom is -0.382 e. The van der Waals surface area contributed by atoms with Crippen LogP contribution >= 0.6 is 0 Å². The Morgan fingerprint density at radius 1 is 1.50 bits per heavy atom. The molecule has 1 amide bonds. The van der Waals surface area contributed by atoms with Gasteiger partial charge in [-0.2, -0.15) is 5.10 Å². The van der Waals surface area contributed by atoms with Crippen molar-refractivity contribution in [3.8, 4) is 0 Å². The maximum atomic E-state index is 12.2. The molecule has 2 heterocycles. The zero-order valence-electron chi connectivity index (χ0n) is 12.1. The van der Waals surface area contributed by atoms with Gasteiger partial charge in [-0.3, -0.25) is 14.4 Å². The molecule has 0 aliphatic carbocycles. The van der Waals surface area contributed by atoms with Gasteiger partial charge < -0.3 is 15.8 Å². The summed E-state index contributed by atoms with van der Waals surface area (Å²) in [5.41, 5.74) is 6.18. The summed E-state index contributed by atoms with van der Waals surface area (Å²) in [6.45, 7) is 8.77. The van der Waals surface area contributed by atoms with Crippen molar-refractivity contribution >= 4 is 11.7 Å². The van der Waals surface area contributed by atoms with Gasteiger partial charge in [-0.05, 0) is 13.8 Å². The third-order valence-corrected chi connectivity index (χ3v) is 3.29. The van der Waals surface area contributed by atoms with Gasteiger partial charge >= 0.3 is 0 Å². The highest BCUT2D eigenvalue weighted by molar-refractivity contribution is 5.93. The molecule has 0 spiro atoms. The van der Waals surface area contributed by atoms with E-state index in [2.05, 4.69) is 15.3 Å². The van der Waals surface area contributed by atoms with Crippen LogP contribution in [0, 0.1) is 0 Å². The van der Waals surface area contributed by atoms with Crippen molar-refractivity contribution in [2.75, 3.05) is 45.1 Å². The Kier molecular flexibility index (Phi) is 4.97. The van der Waals surface area contributed by atoms with Crippen LogP contribution in [0.2, 0.25) is 0 Å². The molecule has 112 valence electrons. The van der Waals surface area contributed by atoms with Crippen LogP contribution in [0.5, 0.6) is 0 Å². The van der Waals surface area contributed by atoms with E-state index in [1.807, 2.05) is 13.8 Å². The van der Waals surface area contributed by atoms with Crippen molar-refractivity contribution in [1.82, 2.24) is 20.0 Å². The Hall–Kier alpha value is -1.60. The molecule has 0 bridgehead atoms. The van der Waals surface area contributed by atoms with Gasteiger partial charge in [0.25, 0.3) is 5.91 Å². The summed E-state index contributed by atoms with van der Waals surface area (Å²) in [4.78, 5) is 14.4. The highest BCUT2D eigenvalue weighted by atomic mass is 16.5. The molecule has 3 N–H and O–H groups in total. The summed E-state index contributed by atoms with van der Waals surface area (Å²) in [6, 6.07) is 1.72. The maximum absolute atomic E-state index is 12.2. The van der Waals surface area contributed by atoms with Crippen molar-refractivity contribution in [1.29, 1.82) is 0 Å². The average Bonchev–Trinajstić information content (AvgIpc) is 2.82. The monoisotopic (exact) mass is 281 g/mol. The Morgan fingerprint density at radius 2 is 2.20 bits per heavy atom. The molecule has 1 aromatic rings. The standard InChI is InChI=1S/C13H23N5O2/c1-10(2)18-11(9-12(14)16-18)13(19)15-3-4-17-5-7-20-8-6-17/h9-10H,3-8H2,1-2H3,(H2,14,16)(H,15,19). The zero-order chi connectivity index (χ0) is 14.5. The molecule has 1 saturated heterocycles. The molecule has 1 fully saturated rings. The number of nitrogens with zero attached hydrogens (tertiary/aromatic N) is 3. The minimum absolute atomic E-state index is 0.104. The van der Waals surface area contributed by atoms with Crippen LogP contribution in [-0.2, 0) is 4.74 Å². The van der Waals surface area contributed by atoms with Crippen molar-refractivity contribution in [2.45, 2.75) is 19.9 Å². The van der Waals surface area contributed by atoms with Gasteiger partial charge in [-0.1, -0.05) is 0 Å². The number of anilines is 1. The van der Waals surface area contributed by atoms with E-state index in [4.69, 9.17) is 10.5 Å². The molecule has 0 aromatic carbocycles. The predicted molar refractivity (Wildman–Crippen MR) is 76.6 cm³/mol. The van der Waals surface area contributed by atoms with Gasteiger partial charge in [-0.15, -0.1) is 0 Å². The van der Waals surface area contributed by atoms with Crippen LogP contribution in [0.4, 0.5) is 5.82 Å². The van der Waals surface area contributed by atoms with E-state index in [9.17, 15) is 4.79 Å². The van der Waals surface area contributed by atoms with Gasteiger partial charge in [0.2, 0.25) is 0 Å². The summed E-state index contributed by atoms with van der Waals surface area (Å²) in [5.74, 6) is 0.244. The predicted octanol–water partition coefficient (Wildman–Crippen LogP) is 0.108. The fraction of sp³-hybridized carbons (Fsp3) is 0.692. The van der Waals surface area contributed by atoms with Crippen LogP contribution in [0.3, 0.4) is 0 Å². The first-order valence-corrected chi connectivity index (χ1v) is 7.01. The lowest BCUT2D eigenvalue weighted by Crippen LogP contribution is -2.41. The number of aromatic nitrogens is 2. The number of nitrogens with two attached hydrogens (primary N) is 1. The molecular weight excluding hydrogens is 258 g/mol. The van der Waals surface area contributed by atoms with E-state index in [-0.39, 0.29) is 11.9 Å². The van der Waals surface area contributed by atoms with Gasteiger partial charge in [0.05, 0.1) is 13.2 Å². The Bertz CT molecular complexity index is 452. The number of amides is 1. The largest absolute Gasteiger partial charge is 0.382 e. The minimum atomic E-state index is -0.129. The third-order valence-electron chi connectivity index (χ3n) is 3.29. The maximum Gasteiger partial charge on any atom is 0.269 e. The molecule has 1 aromatic heterocycles. The molecule has 1 aliphatic heterocycles. The summed E-state index contributed by atoms with van der Waals surface area (Å²) in [5, 5.41) is 7.05. The quantitative estimate of drug-likeness (QED) is 0.800. The van der Waals surface area contributed by atoms with E-state index in [0.29, 0.717) is 18.1 Å². The summed E-state index contributed by atoms with van der Waals surface area (Å²) in [7, 11) is 0. The SMILES string of the molecule is CC(C)n1nc(N)cc1C(=O)NCCN1CCOCC1. The number of nitrogen functional groups attached to an aromatic ring is 1. The lowest BCUT2D eigenvalue weighted by Gasteiger charge is -2.26. The normalized spacial score (nSPS) is 16.6. The molecule has 0 radical (unpaired) electrons. The molecular formula is C13H23N5O2. The first-order chi connectivity index (χ1) is 9.58. The van der Waals surface area contributed by atoms with Crippen molar-refractivity contribution in [3.63, 3.8) is 0 Å². The Labute approximate surface area is 119 Å². The highest BCUT2D eigenvalue weighted by Crippen LogP contribution is 2.12. The number of rotatable bonds is 5. The van der Waals surface area contributed by atoms with E-state index in [1.165, 1.54) is 0 Å². The van der Waals surface area contributed by atoms with E-state index in [0.717, 1.165) is 32.8 Å². The van der Waals surface area contributed by atoms with Crippen LogP contribution in [-0.4, -0.2) is 60.0 Å². The highest BCUT2D eigenvalue weighted by Gasteiger charge is 2.16. The molecule has 7 heteroatoms. The first-order valence-electron chi connectivity index (χ1n) is 7.01. The number of hydrogen-bond donors (Lipinski definition) is 2. The van der Waals surface area contributed by atoms with Gasteiger partial charge in [0.15, 0.2) is 0 Å². The van der Waals surface area contributed by atoms with Gasteiger partial charge in [0, 0.05) is 38.3 Å². The van der Waals surface area contributed by atoms with Crippen LogP contribution in [0.25, 0.3) is 0 Å². The van der Waals surface area contributed by atoms with E-state index >= 15 is 0 Å². The Balaban J connectivity index is 1.85. The second-order valence-electron chi connectivity index (χ2n) is 5.20. The number of carbonyl (C=O) groups is 1. The molecule has 0 saturated carbocycles. The average molecular weight is 281 g/mol. The van der Waals surface area contributed by atoms with E-state index in [1.54, 1.807) is 10.7 Å².